The number of halogens is 1. The highest BCUT2D eigenvalue weighted by molar-refractivity contribution is 6.33. The van der Waals surface area contributed by atoms with Crippen LogP contribution in [-0.2, 0) is 31.0 Å². The average molecular weight is 797 g/mol. The first-order valence-corrected chi connectivity index (χ1v) is 18.3. The monoisotopic (exact) mass is 796 g/mol. The molecule has 0 atom stereocenters. The number of rotatable bonds is 11. The van der Waals surface area contributed by atoms with E-state index < -0.39 is 17.4 Å². The fourth-order valence-corrected chi connectivity index (χ4v) is 7.38. The first-order chi connectivity index (χ1) is 28.1. The maximum atomic E-state index is 13.8. The summed E-state index contributed by atoms with van der Waals surface area (Å²) in [7, 11) is 1.21. The van der Waals surface area contributed by atoms with Crippen molar-refractivity contribution in [2.24, 2.45) is 0 Å². The number of aromatic nitrogens is 2. The number of phenols is 1. The van der Waals surface area contributed by atoms with E-state index in [-0.39, 0.29) is 87.2 Å². The molecule has 0 saturated heterocycles. The van der Waals surface area contributed by atoms with Gasteiger partial charge in [-0.05, 0) is 66.2 Å². The van der Waals surface area contributed by atoms with Gasteiger partial charge in [-0.2, -0.15) is 0 Å². The number of nitrogens with one attached hydrogen (secondary N) is 2. The molecule has 1 aliphatic heterocycles. The van der Waals surface area contributed by atoms with Crippen molar-refractivity contribution in [3.05, 3.63) is 146 Å². The second kappa shape index (κ2) is 15.5. The van der Waals surface area contributed by atoms with Crippen LogP contribution >= 0.6 is 11.6 Å². The van der Waals surface area contributed by atoms with Gasteiger partial charge in [0.1, 0.15) is 17.1 Å². The molecule has 3 heterocycles. The Morgan fingerprint density at radius 1 is 0.776 bits per heavy atom. The van der Waals surface area contributed by atoms with Crippen LogP contribution in [0.4, 0.5) is 11.4 Å². The van der Waals surface area contributed by atoms with Crippen molar-refractivity contribution in [3.63, 3.8) is 0 Å². The van der Waals surface area contributed by atoms with Gasteiger partial charge in [-0.1, -0.05) is 48.0 Å². The smallest absolute Gasteiger partial charge is 0.337 e. The van der Waals surface area contributed by atoms with Crippen LogP contribution in [0.3, 0.4) is 0 Å². The molecule has 0 radical (unpaired) electrons. The van der Waals surface area contributed by atoms with Gasteiger partial charge in [0.2, 0.25) is 0 Å². The minimum atomic E-state index is -1.29. The molecule has 6 aromatic rings. The molecule has 8 rings (SSSR count). The normalized spacial score (nSPS) is 11.4. The van der Waals surface area contributed by atoms with Crippen molar-refractivity contribution < 1.29 is 39.2 Å². The van der Waals surface area contributed by atoms with Gasteiger partial charge in [-0.15, -0.1) is 0 Å². The minimum absolute atomic E-state index is 0.0649. The molecule has 0 amide bonds. The van der Waals surface area contributed by atoms with Gasteiger partial charge < -0.3 is 40.2 Å². The van der Waals surface area contributed by atoms with Crippen LogP contribution < -0.4 is 16.1 Å². The van der Waals surface area contributed by atoms with Crippen LogP contribution in [0.5, 0.6) is 5.75 Å². The number of methoxy groups -OCH3 is 1. The lowest BCUT2D eigenvalue weighted by Gasteiger charge is -2.22. The molecule has 0 spiro atoms. The van der Waals surface area contributed by atoms with Crippen LogP contribution in [0, 0.1) is 0 Å². The molecule has 6 N–H and O–H groups in total. The maximum Gasteiger partial charge on any atom is 0.337 e. The fraction of sp³-hybridized carbons (Fsp3) is 0.114. The molecule has 58 heavy (non-hydrogen) atoms. The summed E-state index contributed by atoms with van der Waals surface area (Å²) in [5.74, 6) is -2.25. The maximum absolute atomic E-state index is 13.8. The number of aliphatic hydroxyl groups excluding tert-OH is 2. The summed E-state index contributed by atoms with van der Waals surface area (Å²) in [4.78, 5) is 48.7. The second-order valence-corrected chi connectivity index (χ2v) is 13.8. The number of benzene rings is 5. The standard InChI is InChI=1S/C44H33ClN4O9/c1-57-44(56)24-10-13-27(43(54)55)29(16-24)37-28-14-15-36(52)31(18-46-34-6-2-4-22-8-11-25(20-50)48-38(22)34)41(28)58-42-30(37)17-33(45)40(53)32(42)19-47-35-7-3-5-23-9-12-26(21-51)49-39(23)35/h2-17,46-47,50-51,53H,18-21H2,1H3,(H,54,55). The van der Waals surface area contributed by atoms with Crippen LogP contribution in [0.15, 0.2) is 106 Å². The number of carboxylic acids is 1. The molecule has 14 heteroatoms. The van der Waals surface area contributed by atoms with Gasteiger partial charge in [0.25, 0.3) is 0 Å². The van der Waals surface area contributed by atoms with Gasteiger partial charge in [-0.25, -0.2) is 19.6 Å². The average Bonchev–Trinajstić information content (AvgIpc) is 3.24. The molecule has 2 aromatic heterocycles. The summed E-state index contributed by atoms with van der Waals surface area (Å²) in [6, 6.07) is 26.4. The van der Waals surface area contributed by atoms with Crippen molar-refractivity contribution in [1.82, 2.24) is 9.97 Å². The number of aliphatic hydroxyl groups is 2. The Balaban J connectivity index is 1.37. The zero-order valence-corrected chi connectivity index (χ0v) is 31.4. The van der Waals surface area contributed by atoms with Crippen LogP contribution in [0.2, 0.25) is 5.02 Å². The summed E-state index contributed by atoms with van der Waals surface area (Å²) in [5, 5.41) is 50.0. The highest BCUT2D eigenvalue weighted by Gasteiger charge is 2.28. The molecule has 1 aliphatic carbocycles. The van der Waals surface area contributed by atoms with E-state index >= 15 is 0 Å². The number of hydrogen-bond donors (Lipinski definition) is 6. The largest absolute Gasteiger partial charge is 0.506 e. The van der Waals surface area contributed by atoms with E-state index in [2.05, 4.69) is 20.6 Å². The molecular weight excluding hydrogens is 764 g/mol. The van der Waals surface area contributed by atoms with Crippen molar-refractivity contribution >= 4 is 67.7 Å². The number of fused-ring (bicyclic) bond motifs is 4. The third-order valence-electron chi connectivity index (χ3n) is 9.99. The van der Waals surface area contributed by atoms with E-state index in [4.69, 9.17) is 20.8 Å². The first kappa shape index (κ1) is 37.8. The molecule has 2 aliphatic rings. The van der Waals surface area contributed by atoms with Crippen molar-refractivity contribution in [2.75, 3.05) is 17.7 Å². The highest BCUT2D eigenvalue weighted by Crippen LogP contribution is 2.47. The second-order valence-electron chi connectivity index (χ2n) is 13.4. The number of pyridine rings is 2. The van der Waals surface area contributed by atoms with Gasteiger partial charge in [0.15, 0.2) is 5.43 Å². The molecule has 13 nitrogen and oxygen atoms in total. The predicted molar refractivity (Wildman–Crippen MR) is 220 cm³/mol. The zero-order valence-electron chi connectivity index (χ0n) is 30.7. The van der Waals surface area contributed by atoms with E-state index in [1.807, 2.05) is 36.4 Å². The number of anilines is 2. The highest BCUT2D eigenvalue weighted by atomic mass is 35.5. The van der Waals surface area contributed by atoms with Crippen LogP contribution in [0.25, 0.3) is 55.2 Å². The molecule has 0 saturated carbocycles. The van der Waals surface area contributed by atoms with E-state index in [1.54, 1.807) is 24.3 Å². The Morgan fingerprint density at radius 2 is 1.40 bits per heavy atom. The number of carbonyl (C=O) groups excluding carboxylic acids is 1. The first-order valence-electron chi connectivity index (χ1n) is 18.0. The molecule has 0 unspecified atom stereocenters. The van der Waals surface area contributed by atoms with Gasteiger partial charge in [-0.3, -0.25) is 4.79 Å². The Hall–Kier alpha value is -7.06. The summed E-state index contributed by atoms with van der Waals surface area (Å²) in [6.07, 6.45) is 0. The van der Waals surface area contributed by atoms with Gasteiger partial charge in [0, 0.05) is 40.4 Å². The number of ether oxygens (including phenoxy) is 1. The lowest BCUT2D eigenvalue weighted by molar-refractivity contribution is 0.0598. The molecule has 290 valence electrons. The Kier molecular flexibility index (Phi) is 10.1. The van der Waals surface area contributed by atoms with Crippen molar-refractivity contribution in [3.8, 4) is 28.2 Å². The lowest BCUT2D eigenvalue weighted by Crippen LogP contribution is -2.15. The number of carbonyl (C=O) groups is 2. The third-order valence-corrected chi connectivity index (χ3v) is 10.3. The van der Waals surface area contributed by atoms with Crippen LogP contribution in [0.1, 0.15) is 43.2 Å². The number of esters is 1. The summed E-state index contributed by atoms with van der Waals surface area (Å²) in [5.41, 5.74) is 3.78. The predicted octanol–water partition coefficient (Wildman–Crippen LogP) is 7.71. The summed E-state index contributed by atoms with van der Waals surface area (Å²) in [6.45, 7) is -0.703. The summed E-state index contributed by atoms with van der Waals surface area (Å²) >= 11 is 6.74. The quantitative estimate of drug-likeness (QED) is 0.0549. The number of nitrogens with zero attached hydrogens (tertiary/aromatic N) is 2. The van der Waals surface area contributed by atoms with Crippen molar-refractivity contribution in [2.45, 2.75) is 26.3 Å². The molecular formula is C44H33ClN4O9. The number of aromatic carboxylic acids is 1. The van der Waals surface area contributed by atoms with Gasteiger partial charge in [0.05, 0.1) is 81.4 Å². The molecule has 0 bridgehead atoms. The van der Waals surface area contributed by atoms with E-state index in [9.17, 15) is 34.8 Å². The Labute approximate surface area is 334 Å². The minimum Gasteiger partial charge on any atom is -0.506 e. The number of para-hydroxylation sites is 2. The van der Waals surface area contributed by atoms with E-state index in [1.165, 1.54) is 43.5 Å². The zero-order chi connectivity index (χ0) is 40.7. The Bertz CT molecular complexity index is 2980. The topological polar surface area (TPSA) is 204 Å². The lowest BCUT2D eigenvalue weighted by atomic mass is 9.87. The number of phenolic OH excluding ortho intramolecular Hbond substituents is 1. The number of carboxylic acid groups (broad SMARTS) is 1. The summed E-state index contributed by atoms with van der Waals surface area (Å²) < 4.78 is 11.7. The van der Waals surface area contributed by atoms with E-state index in [0.29, 0.717) is 39.4 Å². The number of aromatic hydroxyl groups is 1. The molecule has 4 aromatic carbocycles. The third kappa shape index (κ3) is 6.77. The SMILES string of the molecule is COC(=O)c1ccc(C(=O)O)c(-c2c3ccc(=O)c(CNc4cccc5ccc(CO)nc45)c-3oc3c(CNc4cccc5ccc(CO)nc45)c(O)c(Cl)cc23)c1. The Morgan fingerprint density at radius 3 is 1.98 bits per heavy atom. The van der Waals surface area contributed by atoms with Crippen molar-refractivity contribution in [1.29, 1.82) is 0 Å². The molecule has 0 fully saturated rings. The van der Waals surface area contributed by atoms with E-state index in [0.717, 1.165) is 10.8 Å². The van der Waals surface area contributed by atoms with Crippen LogP contribution in [-0.4, -0.2) is 49.4 Å². The van der Waals surface area contributed by atoms with Gasteiger partial charge >= 0.3 is 11.9 Å². The number of hydrogen-bond acceptors (Lipinski definition) is 12. The fourth-order valence-electron chi connectivity index (χ4n) is 7.16.